The van der Waals surface area contributed by atoms with E-state index in [2.05, 4.69) is 5.32 Å². The van der Waals surface area contributed by atoms with E-state index < -0.39 is 6.43 Å². The van der Waals surface area contributed by atoms with E-state index in [9.17, 15) is 13.2 Å². The molecule has 0 spiro atoms. The summed E-state index contributed by atoms with van der Waals surface area (Å²) in [4.78, 5) is 0. The SMILES string of the molecule is Cc1cc(CNCC(F)F)ccc1F. The van der Waals surface area contributed by atoms with Gasteiger partial charge in [0.1, 0.15) is 5.82 Å². The Hall–Kier alpha value is -1.03. The molecule has 0 heterocycles. The van der Waals surface area contributed by atoms with E-state index in [-0.39, 0.29) is 12.4 Å². The Morgan fingerprint density at radius 1 is 1.36 bits per heavy atom. The summed E-state index contributed by atoms with van der Waals surface area (Å²) in [5.41, 5.74) is 1.34. The molecule has 1 aromatic carbocycles. The van der Waals surface area contributed by atoms with Crippen LogP contribution in [-0.2, 0) is 6.54 Å². The number of aryl methyl sites for hydroxylation is 1. The van der Waals surface area contributed by atoms with E-state index in [1.165, 1.54) is 6.07 Å². The molecule has 0 saturated carbocycles. The minimum Gasteiger partial charge on any atom is -0.307 e. The van der Waals surface area contributed by atoms with E-state index in [0.29, 0.717) is 12.1 Å². The maximum atomic E-state index is 12.8. The van der Waals surface area contributed by atoms with Crippen LogP contribution in [0.15, 0.2) is 18.2 Å². The number of nitrogens with one attached hydrogen (secondary N) is 1. The van der Waals surface area contributed by atoms with Crippen molar-refractivity contribution >= 4 is 0 Å². The molecule has 0 atom stereocenters. The van der Waals surface area contributed by atoms with Crippen LogP contribution >= 0.6 is 0 Å². The van der Waals surface area contributed by atoms with Crippen LogP contribution in [0.1, 0.15) is 11.1 Å². The molecule has 1 nitrogen and oxygen atoms in total. The Morgan fingerprint density at radius 3 is 2.64 bits per heavy atom. The summed E-state index contributed by atoms with van der Waals surface area (Å²) in [6.07, 6.45) is -2.35. The van der Waals surface area contributed by atoms with Crippen molar-refractivity contribution in [3.63, 3.8) is 0 Å². The molecule has 1 rings (SSSR count). The number of halogens is 3. The Balaban J connectivity index is 2.47. The number of alkyl halides is 2. The number of hydrogen-bond acceptors (Lipinski definition) is 1. The summed E-state index contributed by atoms with van der Waals surface area (Å²) >= 11 is 0. The van der Waals surface area contributed by atoms with Crippen molar-refractivity contribution in [1.82, 2.24) is 5.32 Å². The second-order valence-electron chi connectivity index (χ2n) is 3.11. The molecule has 4 heteroatoms. The Bertz CT molecular complexity index is 299. The fraction of sp³-hybridized carbons (Fsp3) is 0.400. The Kier molecular flexibility index (Phi) is 3.95. The quantitative estimate of drug-likeness (QED) is 0.792. The lowest BCUT2D eigenvalue weighted by Gasteiger charge is -2.05. The molecule has 0 aliphatic heterocycles. The van der Waals surface area contributed by atoms with Gasteiger partial charge in [0.15, 0.2) is 0 Å². The highest BCUT2D eigenvalue weighted by Gasteiger charge is 2.02. The second kappa shape index (κ2) is 5.00. The van der Waals surface area contributed by atoms with Crippen molar-refractivity contribution in [2.24, 2.45) is 0 Å². The van der Waals surface area contributed by atoms with Crippen molar-refractivity contribution in [3.05, 3.63) is 35.1 Å². The van der Waals surface area contributed by atoms with Gasteiger partial charge in [0.2, 0.25) is 0 Å². The highest BCUT2D eigenvalue weighted by molar-refractivity contribution is 5.23. The van der Waals surface area contributed by atoms with Crippen LogP contribution in [0.5, 0.6) is 0 Å². The molecule has 1 aromatic rings. The minimum absolute atomic E-state index is 0.275. The van der Waals surface area contributed by atoms with Crippen molar-refractivity contribution in [3.8, 4) is 0 Å². The molecule has 0 saturated heterocycles. The molecule has 0 fully saturated rings. The van der Waals surface area contributed by atoms with Gasteiger partial charge in [-0.05, 0) is 24.1 Å². The van der Waals surface area contributed by atoms with Gasteiger partial charge in [-0.1, -0.05) is 12.1 Å². The summed E-state index contributed by atoms with van der Waals surface area (Å²) < 4.78 is 36.3. The smallest absolute Gasteiger partial charge is 0.250 e. The lowest BCUT2D eigenvalue weighted by atomic mass is 10.1. The van der Waals surface area contributed by atoms with Crippen LogP contribution in [0, 0.1) is 12.7 Å². The van der Waals surface area contributed by atoms with E-state index in [1.54, 1.807) is 19.1 Å². The van der Waals surface area contributed by atoms with Gasteiger partial charge in [0.05, 0.1) is 6.54 Å². The molecule has 0 amide bonds. The maximum absolute atomic E-state index is 12.8. The lowest BCUT2D eigenvalue weighted by molar-refractivity contribution is 0.145. The Morgan fingerprint density at radius 2 is 2.07 bits per heavy atom. The van der Waals surface area contributed by atoms with Crippen LogP contribution < -0.4 is 5.32 Å². The zero-order valence-electron chi connectivity index (χ0n) is 7.86. The third-order valence-electron chi connectivity index (χ3n) is 1.85. The summed E-state index contributed by atoms with van der Waals surface area (Å²) in [6.45, 7) is 1.65. The zero-order chi connectivity index (χ0) is 10.6. The van der Waals surface area contributed by atoms with Crippen molar-refractivity contribution in [2.45, 2.75) is 19.9 Å². The molecule has 0 unspecified atom stereocenters. The van der Waals surface area contributed by atoms with Crippen LogP contribution in [0.4, 0.5) is 13.2 Å². The third-order valence-corrected chi connectivity index (χ3v) is 1.85. The van der Waals surface area contributed by atoms with E-state index >= 15 is 0 Å². The summed E-state index contributed by atoms with van der Waals surface area (Å²) in [5.74, 6) is -0.275. The molecular weight excluding hydrogens is 191 g/mol. The van der Waals surface area contributed by atoms with Crippen LogP contribution in [0.3, 0.4) is 0 Å². The first-order valence-electron chi connectivity index (χ1n) is 4.33. The fourth-order valence-electron chi connectivity index (χ4n) is 1.14. The molecule has 1 N–H and O–H groups in total. The van der Waals surface area contributed by atoms with Gasteiger partial charge in [0, 0.05) is 6.54 Å². The monoisotopic (exact) mass is 203 g/mol. The first-order valence-corrected chi connectivity index (χ1v) is 4.33. The van der Waals surface area contributed by atoms with Gasteiger partial charge in [-0.3, -0.25) is 0 Å². The molecule has 0 radical (unpaired) electrons. The minimum atomic E-state index is -2.35. The number of hydrogen-bond donors (Lipinski definition) is 1. The molecule has 0 aromatic heterocycles. The van der Waals surface area contributed by atoms with Gasteiger partial charge < -0.3 is 5.32 Å². The summed E-state index contributed by atoms with van der Waals surface area (Å²) in [5, 5.41) is 2.58. The molecule has 0 aliphatic rings. The van der Waals surface area contributed by atoms with Crippen LogP contribution in [0.25, 0.3) is 0 Å². The van der Waals surface area contributed by atoms with Gasteiger partial charge >= 0.3 is 0 Å². The second-order valence-corrected chi connectivity index (χ2v) is 3.11. The largest absolute Gasteiger partial charge is 0.307 e. The van der Waals surface area contributed by atoms with Crippen LogP contribution in [0.2, 0.25) is 0 Å². The maximum Gasteiger partial charge on any atom is 0.250 e. The summed E-state index contributed by atoms with van der Waals surface area (Å²) in [7, 11) is 0. The highest BCUT2D eigenvalue weighted by atomic mass is 19.3. The first-order chi connectivity index (χ1) is 6.59. The topological polar surface area (TPSA) is 12.0 Å². The van der Waals surface area contributed by atoms with E-state index in [0.717, 1.165) is 5.56 Å². The van der Waals surface area contributed by atoms with Crippen molar-refractivity contribution < 1.29 is 13.2 Å². The van der Waals surface area contributed by atoms with Gasteiger partial charge in [0.25, 0.3) is 6.43 Å². The zero-order valence-corrected chi connectivity index (χ0v) is 7.86. The molecule has 78 valence electrons. The van der Waals surface area contributed by atoms with Gasteiger partial charge in [-0.2, -0.15) is 0 Å². The van der Waals surface area contributed by atoms with E-state index in [1.807, 2.05) is 0 Å². The average molecular weight is 203 g/mol. The first kappa shape index (κ1) is 11.0. The Labute approximate surface area is 80.9 Å². The molecular formula is C10H12F3N. The highest BCUT2D eigenvalue weighted by Crippen LogP contribution is 2.08. The number of rotatable bonds is 4. The van der Waals surface area contributed by atoms with Crippen molar-refractivity contribution in [1.29, 1.82) is 0 Å². The predicted molar refractivity (Wildman–Crippen MR) is 48.8 cm³/mol. The lowest BCUT2D eigenvalue weighted by Crippen LogP contribution is -2.20. The van der Waals surface area contributed by atoms with Crippen LogP contribution in [-0.4, -0.2) is 13.0 Å². The molecule has 0 aliphatic carbocycles. The third kappa shape index (κ3) is 3.38. The van der Waals surface area contributed by atoms with Gasteiger partial charge in [-0.25, -0.2) is 13.2 Å². The molecule has 0 bridgehead atoms. The fourth-order valence-corrected chi connectivity index (χ4v) is 1.14. The van der Waals surface area contributed by atoms with E-state index in [4.69, 9.17) is 0 Å². The van der Waals surface area contributed by atoms with Gasteiger partial charge in [-0.15, -0.1) is 0 Å². The summed E-state index contributed by atoms with van der Waals surface area (Å²) in [6, 6.07) is 4.57. The predicted octanol–water partition coefficient (Wildman–Crippen LogP) is 2.49. The number of benzene rings is 1. The standard InChI is InChI=1S/C10H12F3N/c1-7-4-8(2-3-9(7)11)5-14-6-10(12)13/h2-4,10,14H,5-6H2,1H3. The van der Waals surface area contributed by atoms with Crippen molar-refractivity contribution in [2.75, 3.05) is 6.54 Å². The average Bonchev–Trinajstić information content (AvgIpc) is 2.10. The molecule has 14 heavy (non-hydrogen) atoms. The normalized spacial score (nSPS) is 10.9.